The molecular formula is C19H14N2O. The smallest absolute Gasteiger partial charge is 0.209 e. The van der Waals surface area contributed by atoms with E-state index in [-0.39, 0.29) is 5.78 Å². The Bertz CT molecular complexity index is 1010. The van der Waals surface area contributed by atoms with Gasteiger partial charge < -0.3 is 0 Å². The summed E-state index contributed by atoms with van der Waals surface area (Å²) < 4.78 is 1.87. The van der Waals surface area contributed by atoms with Crippen LogP contribution in [0, 0.1) is 6.92 Å². The number of benzene rings is 2. The zero-order chi connectivity index (χ0) is 15.1. The topological polar surface area (TPSA) is 34.4 Å². The van der Waals surface area contributed by atoms with E-state index in [1.165, 1.54) is 0 Å². The highest BCUT2D eigenvalue weighted by Crippen LogP contribution is 2.23. The van der Waals surface area contributed by atoms with E-state index in [0.29, 0.717) is 11.3 Å². The van der Waals surface area contributed by atoms with Crippen LogP contribution in [0.15, 0.2) is 67.0 Å². The van der Waals surface area contributed by atoms with Crippen LogP contribution in [0.1, 0.15) is 21.6 Å². The van der Waals surface area contributed by atoms with Gasteiger partial charge in [-0.2, -0.15) is 0 Å². The van der Waals surface area contributed by atoms with Gasteiger partial charge in [-0.05, 0) is 24.4 Å². The van der Waals surface area contributed by atoms with Crippen molar-refractivity contribution in [2.75, 3.05) is 0 Å². The Hall–Kier alpha value is -2.94. The van der Waals surface area contributed by atoms with Crippen molar-refractivity contribution in [3.63, 3.8) is 0 Å². The predicted octanol–water partition coefficient (Wildman–Crippen LogP) is 4.03. The van der Waals surface area contributed by atoms with E-state index < -0.39 is 0 Å². The monoisotopic (exact) mass is 286 g/mol. The van der Waals surface area contributed by atoms with Gasteiger partial charge in [0.15, 0.2) is 0 Å². The molecule has 0 spiro atoms. The summed E-state index contributed by atoms with van der Waals surface area (Å²) in [5.74, 6) is 0.0115. The van der Waals surface area contributed by atoms with Crippen molar-refractivity contribution >= 4 is 22.2 Å². The summed E-state index contributed by atoms with van der Waals surface area (Å²) in [5.41, 5.74) is 3.23. The zero-order valence-electron chi connectivity index (χ0n) is 12.2. The van der Waals surface area contributed by atoms with Crippen molar-refractivity contribution in [1.82, 2.24) is 9.38 Å². The van der Waals surface area contributed by atoms with Crippen molar-refractivity contribution in [3.05, 3.63) is 83.8 Å². The molecule has 4 aromatic rings. The summed E-state index contributed by atoms with van der Waals surface area (Å²) >= 11 is 0. The normalized spacial score (nSPS) is 11.1. The van der Waals surface area contributed by atoms with Crippen LogP contribution >= 0.6 is 0 Å². The van der Waals surface area contributed by atoms with Crippen LogP contribution in [-0.2, 0) is 0 Å². The SMILES string of the molecule is Cc1cccc(C(=O)c2cc3ccccc3c3nccn23)c1. The maximum absolute atomic E-state index is 12.9. The van der Waals surface area contributed by atoms with E-state index in [1.54, 1.807) is 6.20 Å². The van der Waals surface area contributed by atoms with Crippen LogP contribution in [0.4, 0.5) is 0 Å². The van der Waals surface area contributed by atoms with Crippen molar-refractivity contribution < 1.29 is 4.79 Å². The summed E-state index contributed by atoms with van der Waals surface area (Å²) in [7, 11) is 0. The average Bonchev–Trinajstić information content (AvgIpc) is 3.03. The van der Waals surface area contributed by atoms with Crippen LogP contribution in [0.3, 0.4) is 0 Å². The lowest BCUT2D eigenvalue weighted by atomic mass is 10.0. The number of aryl methyl sites for hydroxylation is 1. The van der Waals surface area contributed by atoms with Crippen molar-refractivity contribution in [2.45, 2.75) is 6.92 Å². The number of hydrogen-bond donors (Lipinski definition) is 0. The Kier molecular flexibility index (Phi) is 2.79. The van der Waals surface area contributed by atoms with Gasteiger partial charge >= 0.3 is 0 Å². The Morgan fingerprint density at radius 1 is 1.05 bits per heavy atom. The molecule has 4 rings (SSSR count). The third-order valence-corrected chi connectivity index (χ3v) is 3.91. The van der Waals surface area contributed by atoms with Crippen molar-refractivity contribution in [1.29, 1.82) is 0 Å². The van der Waals surface area contributed by atoms with Crippen LogP contribution in [-0.4, -0.2) is 15.2 Å². The highest BCUT2D eigenvalue weighted by molar-refractivity contribution is 6.11. The van der Waals surface area contributed by atoms with Crippen molar-refractivity contribution in [3.8, 4) is 0 Å². The number of carbonyl (C=O) groups excluding carboxylic acids is 1. The fraction of sp³-hybridized carbons (Fsp3) is 0.0526. The molecule has 0 amide bonds. The van der Waals surface area contributed by atoms with E-state index in [1.807, 2.05) is 72.1 Å². The van der Waals surface area contributed by atoms with Crippen LogP contribution in [0.5, 0.6) is 0 Å². The summed E-state index contributed by atoms with van der Waals surface area (Å²) in [6.45, 7) is 1.99. The van der Waals surface area contributed by atoms with E-state index in [9.17, 15) is 4.79 Å². The molecule has 2 aromatic heterocycles. The first kappa shape index (κ1) is 12.8. The number of rotatable bonds is 2. The van der Waals surface area contributed by atoms with Crippen LogP contribution in [0.25, 0.3) is 16.4 Å². The lowest BCUT2D eigenvalue weighted by Gasteiger charge is -2.08. The van der Waals surface area contributed by atoms with Gasteiger partial charge in [0.25, 0.3) is 0 Å². The summed E-state index contributed by atoms with van der Waals surface area (Å²) in [4.78, 5) is 17.3. The van der Waals surface area contributed by atoms with Gasteiger partial charge in [0.1, 0.15) is 5.65 Å². The number of hydrogen-bond acceptors (Lipinski definition) is 2. The number of carbonyl (C=O) groups is 1. The molecule has 3 nitrogen and oxygen atoms in total. The van der Waals surface area contributed by atoms with Gasteiger partial charge in [0, 0.05) is 23.3 Å². The lowest BCUT2D eigenvalue weighted by molar-refractivity contribution is 0.103. The highest BCUT2D eigenvalue weighted by Gasteiger charge is 2.15. The van der Waals surface area contributed by atoms with Gasteiger partial charge in [-0.1, -0.05) is 48.0 Å². The predicted molar refractivity (Wildman–Crippen MR) is 87.3 cm³/mol. The van der Waals surface area contributed by atoms with Gasteiger partial charge in [0.05, 0.1) is 5.69 Å². The second kappa shape index (κ2) is 4.81. The number of imidazole rings is 1. The fourth-order valence-electron chi connectivity index (χ4n) is 2.85. The van der Waals surface area contributed by atoms with E-state index in [2.05, 4.69) is 4.98 Å². The molecule has 106 valence electrons. The highest BCUT2D eigenvalue weighted by atomic mass is 16.1. The van der Waals surface area contributed by atoms with Crippen molar-refractivity contribution in [2.24, 2.45) is 0 Å². The van der Waals surface area contributed by atoms with Gasteiger partial charge in [-0.15, -0.1) is 0 Å². The largest absolute Gasteiger partial charge is 0.296 e. The molecule has 0 saturated carbocycles. The molecule has 22 heavy (non-hydrogen) atoms. The number of aromatic nitrogens is 2. The molecular weight excluding hydrogens is 272 g/mol. The second-order valence-electron chi connectivity index (χ2n) is 5.44. The summed E-state index contributed by atoms with van der Waals surface area (Å²) in [6, 6.07) is 17.6. The molecule has 0 aliphatic heterocycles. The molecule has 3 heteroatoms. The van der Waals surface area contributed by atoms with Gasteiger partial charge in [-0.3, -0.25) is 9.20 Å². The minimum Gasteiger partial charge on any atom is -0.296 e. The molecule has 0 saturated heterocycles. The van der Waals surface area contributed by atoms with E-state index in [0.717, 1.165) is 22.0 Å². The number of pyridine rings is 1. The van der Waals surface area contributed by atoms with Crippen LogP contribution in [0.2, 0.25) is 0 Å². The molecule has 0 bridgehead atoms. The second-order valence-corrected chi connectivity index (χ2v) is 5.44. The molecule has 0 unspecified atom stereocenters. The molecule has 0 fully saturated rings. The lowest BCUT2D eigenvalue weighted by Crippen LogP contribution is -2.08. The molecule has 2 aromatic carbocycles. The molecule has 0 aliphatic rings. The Morgan fingerprint density at radius 3 is 2.77 bits per heavy atom. The minimum atomic E-state index is 0.0115. The summed E-state index contributed by atoms with van der Waals surface area (Å²) in [5, 5.41) is 2.07. The average molecular weight is 286 g/mol. The van der Waals surface area contributed by atoms with Crippen LogP contribution < -0.4 is 0 Å². The van der Waals surface area contributed by atoms with Gasteiger partial charge in [-0.25, -0.2) is 4.98 Å². The zero-order valence-corrected chi connectivity index (χ0v) is 12.2. The third-order valence-electron chi connectivity index (χ3n) is 3.91. The number of ketones is 1. The molecule has 2 heterocycles. The first-order valence-electron chi connectivity index (χ1n) is 7.20. The Morgan fingerprint density at radius 2 is 1.91 bits per heavy atom. The molecule has 0 aliphatic carbocycles. The number of fused-ring (bicyclic) bond motifs is 3. The van der Waals surface area contributed by atoms with E-state index in [4.69, 9.17) is 0 Å². The third kappa shape index (κ3) is 1.91. The quantitative estimate of drug-likeness (QED) is 0.521. The Labute approximate surface area is 127 Å². The fourth-order valence-corrected chi connectivity index (χ4v) is 2.85. The standard InChI is InChI=1S/C19H14N2O/c1-13-5-4-7-15(11-13)18(22)17-12-14-6-2-3-8-16(14)19-20-9-10-21(17)19/h2-12H,1H3. The maximum Gasteiger partial charge on any atom is 0.209 e. The van der Waals surface area contributed by atoms with E-state index >= 15 is 0 Å². The van der Waals surface area contributed by atoms with Gasteiger partial charge in [0.2, 0.25) is 5.78 Å². The summed E-state index contributed by atoms with van der Waals surface area (Å²) in [6.07, 6.45) is 3.57. The molecule has 0 atom stereocenters. The minimum absolute atomic E-state index is 0.0115. The first-order valence-corrected chi connectivity index (χ1v) is 7.20. The maximum atomic E-state index is 12.9. The first-order chi connectivity index (χ1) is 10.7. The Balaban J connectivity index is 2.01. The number of nitrogens with zero attached hydrogens (tertiary/aromatic N) is 2. The molecule has 0 N–H and O–H groups in total. The molecule has 0 radical (unpaired) electrons.